The largest absolute Gasteiger partial charge is 0.417 e. The van der Waals surface area contributed by atoms with Gasteiger partial charge in [0.15, 0.2) is 0 Å². The summed E-state index contributed by atoms with van der Waals surface area (Å²) in [5.74, 6) is 2.31. The normalized spacial score (nSPS) is 25.1. The Labute approximate surface area is 241 Å². The van der Waals surface area contributed by atoms with Gasteiger partial charge in [-0.25, -0.2) is 15.0 Å². The Morgan fingerprint density at radius 2 is 1.93 bits per heavy atom. The lowest BCUT2D eigenvalue weighted by Gasteiger charge is -2.40. The van der Waals surface area contributed by atoms with E-state index in [0.29, 0.717) is 47.9 Å². The van der Waals surface area contributed by atoms with Crippen LogP contribution in [0, 0.1) is 17.8 Å². The van der Waals surface area contributed by atoms with Gasteiger partial charge in [0.2, 0.25) is 0 Å². The van der Waals surface area contributed by atoms with E-state index in [1.807, 2.05) is 12.3 Å². The summed E-state index contributed by atoms with van der Waals surface area (Å²) in [7, 11) is 0. The number of aromatic amines is 1. The molecule has 3 aromatic heterocycles. The summed E-state index contributed by atoms with van der Waals surface area (Å²) in [6, 6.07) is 4.78. The van der Waals surface area contributed by atoms with Crippen molar-refractivity contribution < 1.29 is 18.3 Å². The Morgan fingerprint density at radius 3 is 2.66 bits per heavy atom. The molecule has 2 aliphatic carbocycles. The van der Waals surface area contributed by atoms with Crippen molar-refractivity contribution in [2.75, 3.05) is 18.8 Å². The van der Waals surface area contributed by atoms with Crippen molar-refractivity contribution in [1.29, 1.82) is 0 Å². The highest BCUT2D eigenvalue weighted by Crippen LogP contribution is 2.41. The van der Waals surface area contributed by atoms with Crippen molar-refractivity contribution >= 4 is 39.5 Å². The van der Waals surface area contributed by atoms with E-state index < -0.39 is 11.7 Å². The van der Waals surface area contributed by atoms with Gasteiger partial charge in [-0.1, -0.05) is 11.6 Å². The molecule has 8 nitrogen and oxygen atoms in total. The van der Waals surface area contributed by atoms with Crippen LogP contribution < -0.4 is 5.73 Å². The second kappa shape index (κ2) is 10.7. The van der Waals surface area contributed by atoms with Gasteiger partial charge in [-0.05, 0) is 75.5 Å². The molecule has 12 heteroatoms. The molecule has 0 radical (unpaired) electrons. The Bertz CT molecular complexity index is 1540. The lowest BCUT2D eigenvalue weighted by atomic mass is 9.72. The summed E-state index contributed by atoms with van der Waals surface area (Å²) in [5.41, 5.74) is 6.78. The summed E-state index contributed by atoms with van der Waals surface area (Å²) >= 11 is 5.87. The van der Waals surface area contributed by atoms with Crippen LogP contribution >= 0.6 is 11.6 Å². The van der Waals surface area contributed by atoms with Gasteiger partial charge in [0, 0.05) is 37.8 Å². The number of anilines is 1. The van der Waals surface area contributed by atoms with Crippen molar-refractivity contribution in [3.8, 4) is 0 Å². The van der Waals surface area contributed by atoms with E-state index in [1.54, 1.807) is 0 Å². The molecule has 6 rings (SSSR count). The summed E-state index contributed by atoms with van der Waals surface area (Å²) in [5, 5.41) is 11.5. The van der Waals surface area contributed by atoms with Crippen molar-refractivity contribution in [3.05, 3.63) is 47.1 Å². The van der Waals surface area contributed by atoms with Crippen LogP contribution in [0.25, 0.3) is 22.1 Å². The maximum absolute atomic E-state index is 13.2. The number of nitrogen functional groups attached to an aromatic ring is 1. The first-order valence-electron chi connectivity index (χ1n) is 14.2. The van der Waals surface area contributed by atoms with E-state index in [1.165, 1.54) is 12.4 Å². The van der Waals surface area contributed by atoms with E-state index in [-0.39, 0.29) is 28.6 Å². The zero-order valence-electron chi connectivity index (χ0n) is 23.1. The molecule has 2 saturated carbocycles. The summed E-state index contributed by atoms with van der Waals surface area (Å²) in [4.78, 5) is 18.6. The van der Waals surface area contributed by atoms with E-state index in [0.717, 1.165) is 49.5 Å². The van der Waals surface area contributed by atoms with Gasteiger partial charge in [0.05, 0.1) is 33.1 Å². The Balaban J connectivity index is 1.04. The number of imidazole rings is 1. The van der Waals surface area contributed by atoms with E-state index in [9.17, 15) is 18.3 Å². The minimum absolute atomic E-state index is 0.162. The molecule has 2 aliphatic rings. The van der Waals surface area contributed by atoms with Crippen LogP contribution in [0.1, 0.15) is 57.0 Å². The molecule has 3 heterocycles. The van der Waals surface area contributed by atoms with Gasteiger partial charge in [0.25, 0.3) is 0 Å². The van der Waals surface area contributed by atoms with Crippen molar-refractivity contribution in [3.63, 3.8) is 0 Å². The highest BCUT2D eigenvalue weighted by atomic mass is 35.5. The van der Waals surface area contributed by atoms with Gasteiger partial charge in [-0.15, -0.1) is 0 Å². The Morgan fingerprint density at radius 1 is 1.15 bits per heavy atom. The molecule has 4 aromatic rings. The van der Waals surface area contributed by atoms with Crippen LogP contribution in [-0.4, -0.2) is 59.7 Å². The van der Waals surface area contributed by atoms with Crippen molar-refractivity contribution in [1.82, 2.24) is 29.4 Å². The number of rotatable bonds is 8. The quantitative estimate of drug-likeness (QED) is 0.238. The number of alkyl halides is 3. The molecule has 2 fully saturated rings. The maximum Gasteiger partial charge on any atom is 0.417 e. The van der Waals surface area contributed by atoms with Crippen LogP contribution in [-0.2, 0) is 12.6 Å². The zero-order chi connectivity index (χ0) is 29.1. The average molecular weight is 590 g/mol. The first-order chi connectivity index (χ1) is 19.5. The van der Waals surface area contributed by atoms with Gasteiger partial charge in [-0.2, -0.15) is 13.2 Å². The van der Waals surface area contributed by atoms with Crippen LogP contribution in [0.2, 0.25) is 5.02 Å². The number of nitrogens with two attached hydrogens (primary N) is 1. The predicted octanol–water partition coefficient (Wildman–Crippen LogP) is 5.85. The summed E-state index contributed by atoms with van der Waals surface area (Å²) in [6.45, 7) is 6.19. The van der Waals surface area contributed by atoms with E-state index in [2.05, 4.69) is 43.3 Å². The molecular weight excluding hydrogens is 555 g/mol. The molecule has 0 amide bonds. The van der Waals surface area contributed by atoms with E-state index in [4.69, 9.17) is 17.3 Å². The van der Waals surface area contributed by atoms with Crippen LogP contribution in [0.4, 0.5) is 19.0 Å². The Kier molecular flexibility index (Phi) is 7.40. The van der Waals surface area contributed by atoms with Gasteiger partial charge in [-0.3, -0.25) is 0 Å². The lowest BCUT2D eigenvalue weighted by Crippen LogP contribution is -2.43. The molecule has 4 N–H and O–H groups in total. The molecule has 41 heavy (non-hydrogen) atoms. The second-order valence-electron chi connectivity index (χ2n) is 12.2. The maximum atomic E-state index is 13.2. The first kappa shape index (κ1) is 28.2. The number of hydrogen-bond acceptors (Lipinski definition) is 6. The monoisotopic (exact) mass is 589 g/mol. The highest BCUT2D eigenvalue weighted by molar-refractivity contribution is 6.32. The smallest absolute Gasteiger partial charge is 0.393 e. The van der Waals surface area contributed by atoms with Gasteiger partial charge < -0.3 is 25.3 Å². The number of aliphatic hydroxyl groups excluding tert-OH is 1. The minimum Gasteiger partial charge on any atom is -0.393 e. The third-order valence-electron chi connectivity index (χ3n) is 9.00. The number of halogens is 4. The topological polar surface area (TPSA) is 109 Å². The fraction of sp³-hybridized carbons (Fsp3) is 0.552. The number of benzene rings is 1. The standard InChI is InChI=1S/C29H35ClF3N7O/c1-15(2)39(13-18-8-19(9-25(18)41)40-4-3-20-27(34)35-14-36-28(20)40)12-17-5-16(6-17)7-26-37-23-10-21(29(31,32)33)22(30)11-24(23)38-26/h3-4,10-11,14-19,25,41H,5-9,12-13H2,1-2H3,(H,37,38)(H2,34,35,36)/t16?,17?,18-,19-,25+/m1/s1. The summed E-state index contributed by atoms with van der Waals surface area (Å²) < 4.78 is 41.8. The fourth-order valence-electron chi connectivity index (χ4n) is 6.77. The molecule has 0 bridgehead atoms. The fourth-order valence-corrected chi connectivity index (χ4v) is 7.04. The first-order valence-corrected chi connectivity index (χ1v) is 14.6. The van der Waals surface area contributed by atoms with Crippen LogP contribution in [0.3, 0.4) is 0 Å². The molecule has 220 valence electrons. The number of aliphatic hydroxyl groups is 1. The second-order valence-corrected chi connectivity index (χ2v) is 12.6. The van der Waals surface area contributed by atoms with Gasteiger partial charge in [0.1, 0.15) is 23.6 Å². The van der Waals surface area contributed by atoms with Crippen LogP contribution in [0.5, 0.6) is 0 Å². The molecule has 0 spiro atoms. The van der Waals surface area contributed by atoms with E-state index >= 15 is 0 Å². The third-order valence-corrected chi connectivity index (χ3v) is 9.31. The molecule has 0 aliphatic heterocycles. The minimum atomic E-state index is -4.51. The number of hydrogen-bond donors (Lipinski definition) is 3. The van der Waals surface area contributed by atoms with Crippen molar-refractivity contribution in [2.24, 2.45) is 17.8 Å². The Hall–Kier alpha value is -2.89. The molecule has 1 aromatic carbocycles. The van der Waals surface area contributed by atoms with Crippen LogP contribution in [0.15, 0.2) is 30.7 Å². The third kappa shape index (κ3) is 5.63. The number of H-pyrrole nitrogens is 1. The number of aromatic nitrogens is 5. The predicted molar refractivity (Wildman–Crippen MR) is 152 cm³/mol. The van der Waals surface area contributed by atoms with Crippen molar-refractivity contribution in [2.45, 2.75) is 70.3 Å². The zero-order valence-corrected chi connectivity index (χ0v) is 23.8. The lowest BCUT2D eigenvalue weighted by molar-refractivity contribution is -0.137. The van der Waals surface area contributed by atoms with Gasteiger partial charge >= 0.3 is 6.18 Å². The SMILES string of the molecule is CC(C)N(CC1CC(Cc2nc3cc(C(F)(F)F)c(Cl)cc3[nH]2)C1)C[C@H]1C[C@@H](n2ccc3c(N)ncnc32)C[C@@H]1O. The average Bonchev–Trinajstić information content (AvgIpc) is 3.57. The summed E-state index contributed by atoms with van der Waals surface area (Å²) in [6.07, 6.45) is 2.93. The number of fused-ring (bicyclic) bond motifs is 2. The molecule has 0 unspecified atom stereocenters. The molecule has 0 saturated heterocycles. The highest BCUT2D eigenvalue weighted by Gasteiger charge is 2.38. The molecule has 3 atom stereocenters. The number of nitrogens with zero attached hydrogens (tertiary/aromatic N) is 5. The number of nitrogens with one attached hydrogen (secondary N) is 1. The molecular formula is C29H35ClF3N7O.